The third-order valence-electron chi connectivity index (χ3n) is 3.25. The zero-order valence-corrected chi connectivity index (χ0v) is 9.25. The highest BCUT2D eigenvalue weighted by Crippen LogP contribution is 2.29. The van der Waals surface area contributed by atoms with Gasteiger partial charge in [0.05, 0.1) is 0 Å². The Kier molecular flexibility index (Phi) is 4.18. The van der Waals surface area contributed by atoms with Crippen LogP contribution in [0.4, 0.5) is 0 Å². The highest BCUT2D eigenvalue weighted by atomic mass is 16.1. The molecule has 2 heteroatoms. The molecule has 14 heavy (non-hydrogen) atoms. The molecule has 1 N–H and O–H groups in total. The van der Waals surface area contributed by atoms with E-state index in [1.807, 2.05) is 0 Å². The Bertz CT molecular complexity index is 202. The van der Waals surface area contributed by atoms with E-state index in [4.69, 9.17) is 0 Å². The number of rotatable bonds is 3. The summed E-state index contributed by atoms with van der Waals surface area (Å²) in [4.78, 5) is 11.1. The molecule has 0 heterocycles. The quantitative estimate of drug-likeness (QED) is 0.689. The molecular weight excluding hydrogens is 174 g/mol. The lowest BCUT2D eigenvalue weighted by molar-refractivity contribution is -0.117. The van der Waals surface area contributed by atoms with Crippen molar-refractivity contribution in [2.45, 2.75) is 45.6 Å². The van der Waals surface area contributed by atoms with Crippen molar-refractivity contribution < 1.29 is 4.79 Å². The lowest BCUT2D eigenvalue weighted by atomic mass is 9.80. The smallest absolute Gasteiger partial charge is 0.243 e. The van der Waals surface area contributed by atoms with Gasteiger partial charge in [-0.1, -0.05) is 20.4 Å². The van der Waals surface area contributed by atoms with Gasteiger partial charge in [-0.2, -0.15) is 0 Å². The van der Waals surface area contributed by atoms with Gasteiger partial charge in [-0.05, 0) is 43.6 Å². The third-order valence-corrected chi connectivity index (χ3v) is 3.25. The molecule has 0 unspecified atom stereocenters. The van der Waals surface area contributed by atoms with Crippen LogP contribution in [0.2, 0.25) is 0 Å². The first-order valence-corrected chi connectivity index (χ1v) is 5.56. The summed E-state index contributed by atoms with van der Waals surface area (Å²) in [5, 5.41) is 2.97. The molecule has 80 valence electrons. The fraction of sp³-hybridized carbons (Fsp3) is 0.750. The maximum atomic E-state index is 11.1. The molecule has 1 fully saturated rings. The Morgan fingerprint density at radius 1 is 1.36 bits per heavy atom. The van der Waals surface area contributed by atoms with Crippen LogP contribution in [0, 0.1) is 11.8 Å². The average molecular weight is 195 g/mol. The fourth-order valence-corrected chi connectivity index (χ4v) is 2.19. The maximum Gasteiger partial charge on any atom is 0.243 e. The van der Waals surface area contributed by atoms with E-state index in [1.165, 1.54) is 18.9 Å². The molecule has 0 radical (unpaired) electrons. The molecule has 2 nitrogen and oxygen atoms in total. The Morgan fingerprint density at radius 2 is 1.93 bits per heavy atom. The Balaban J connectivity index is 2.28. The van der Waals surface area contributed by atoms with E-state index in [9.17, 15) is 4.79 Å². The molecule has 1 rings (SSSR count). The van der Waals surface area contributed by atoms with Crippen molar-refractivity contribution in [2.75, 3.05) is 0 Å². The van der Waals surface area contributed by atoms with Gasteiger partial charge in [0, 0.05) is 6.04 Å². The summed E-state index contributed by atoms with van der Waals surface area (Å²) in [5.41, 5.74) is 0. The van der Waals surface area contributed by atoms with E-state index in [0.29, 0.717) is 6.04 Å². The summed E-state index contributed by atoms with van der Waals surface area (Å²) in [6.07, 6.45) is 6.11. The molecule has 1 amide bonds. The highest BCUT2D eigenvalue weighted by Gasteiger charge is 2.23. The molecule has 0 atom stereocenters. The summed E-state index contributed by atoms with van der Waals surface area (Å²) in [6.45, 7) is 8.03. The van der Waals surface area contributed by atoms with Crippen LogP contribution in [0.1, 0.15) is 39.5 Å². The Hall–Kier alpha value is -0.790. The Morgan fingerprint density at radius 3 is 2.36 bits per heavy atom. The minimum atomic E-state index is -0.0296. The molecule has 0 aliphatic heterocycles. The van der Waals surface area contributed by atoms with E-state index in [0.717, 1.165) is 24.7 Å². The van der Waals surface area contributed by atoms with E-state index < -0.39 is 0 Å². The Labute approximate surface area is 86.8 Å². The van der Waals surface area contributed by atoms with Gasteiger partial charge in [-0.25, -0.2) is 0 Å². The van der Waals surface area contributed by atoms with Crippen molar-refractivity contribution in [3.8, 4) is 0 Å². The molecule has 0 bridgehead atoms. The predicted molar refractivity (Wildman–Crippen MR) is 58.9 cm³/mol. The lowest BCUT2D eigenvalue weighted by Crippen LogP contribution is -2.37. The summed E-state index contributed by atoms with van der Waals surface area (Å²) in [6, 6.07) is 0.385. The van der Waals surface area contributed by atoms with Crippen LogP contribution in [0.3, 0.4) is 0 Å². The highest BCUT2D eigenvalue weighted by molar-refractivity contribution is 5.87. The van der Waals surface area contributed by atoms with Crippen LogP contribution >= 0.6 is 0 Å². The normalized spacial score (nSPS) is 27.4. The summed E-state index contributed by atoms with van der Waals surface area (Å²) < 4.78 is 0. The van der Waals surface area contributed by atoms with Crippen LogP contribution in [-0.2, 0) is 4.79 Å². The van der Waals surface area contributed by atoms with Crippen LogP contribution < -0.4 is 5.32 Å². The second kappa shape index (κ2) is 5.18. The standard InChI is InChI=1S/C12H21NO/c1-4-12(14)13-11-7-5-10(6-8-11)9(2)3/h4,9-11H,1,5-8H2,2-3H3,(H,13,14)/t10-,11-. The second-order valence-corrected chi connectivity index (χ2v) is 4.57. The summed E-state index contributed by atoms with van der Waals surface area (Å²) >= 11 is 0. The molecular formula is C12H21NO. The van der Waals surface area contributed by atoms with Gasteiger partial charge in [0.2, 0.25) is 5.91 Å². The molecule has 1 aliphatic carbocycles. The van der Waals surface area contributed by atoms with Crippen molar-refractivity contribution in [2.24, 2.45) is 11.8 Å². The van der Waals surface area contributed by atoms with E-state index in [2.05, 4.69) is 25.7 Å². The SMILES string of the molecule is C=CC(=O)N[C@H]1CC[C@H](C(C)C)CC1. The van der Waals surface area contributed by atoms with E-state index >= 15 is 0 Å². The van der Waals surface area contributed by atoms with Crippen molar-refractivity contribution in [3.05, 3.63) is 12.7 Å². The molecule has 0 spiro atoms. The third kappa shape index (κ3) is 3.17. The van der Waals surface area contributed by atoms with Crippen molar-refractivity contribution in [3.63, 3.8) is 0 Å². The first-order valence-electron chi connectivity index (χ1n) is 5.56. The molecule has 1 aliphatic rings. The van der Waals surface area contributed by atoms with Crippen molar-refractivity contribution in [1.82, 2.24) is 5.32 Å². The topological polar surface area (TPSA) is 29.1 Å². The van der Waals surface area contributed by atoms with Crippen molar-refractivity contribution >= 4 is 5.91 Å². The van der Waals surface area contributed by atoms with Crippen LogP contribution in [0.15, 0.2) is 12.7 Å². The van der Waals surface area contributed by atoms with Gasteiger partial charge in [0.25, 0.3) is 0 Å². The molecule has 0 saturated heterocycles. The number of hydrogen-bond acceptors (Lipinski definition) is 1. The average Bonchev–Trinajstić information content (AvgIpc) is 2.18. The van der Waals surface area contributed by atoms with Crippen molar-refractivity contribution in [1.29, 1.82) is 0 Å². The lowest BCUT2D eigenvalue weighted by Gasteiger charge is -2.31. The van der Waals surface area contributed by atoms with Crippen LogP contribution in [0.5, 0.6) is 0 Å². The maximum absolute atomic E-state index is 11.1. The van der Waals surface area contributed by atoms with Crippen LogP contribution in [-0.4, -0.2) is 11.9 Å². The number of carbonyl (C=O) groups is 1. The first-order chi connectivity index (χ1) is 6.63. The molecule has 1 saturated carbocycles. The predicted octanol–water partition coefficient (Wildman–Crippen LogP) is 2.50. The summed E-state index contributed by atoms with van der Waals surface area (Å²) in [7, 11) is 0. The van der Waals surface area contributed by atoms with E-state index in [1.54, 1.807) is 0 Å². The monoisotopic (exact) mass is 195 g/mol. The fourth-order valence-electron chi connectivity index (χ4n) is 2.19. The zero-order valence-electron chi connectivity index (χ0n) is 9.25. The van der Waals surface area contributed by atoms with Gasteiger partial charge >= 0.3 is 0 Å². The minimum absolute atomic E-state index is 0.0296. The molecule has 0 aromatic rings. The zero-order chi connectivity index (χ0) is 10.6. The van der Waals surface area contributed by atoms with Gasteiger partial charge < -0.3 is 5.32 Å². The van der Waals surface area contributed by atoms with E-state index in [-0.39, 0.29) is 5.91 Å². The van der Waals surface area contributed by atoms with Crippen LogP contribution in [0.25, 0.3) is 0 Å². The summed E-state index contributed by atoms with van der Waals surface area (Å²) in [5.74, 6) is 1.61. The first kappa shape index (κ1) is 11.3. The number of hydrogen-bond donors (Lipinski definition) is 1. The molecule has 0 aromatic heterocycles. The number of carbonyl (C=O) groups excluding carboxylic acids is 1. The number of amides is 1. The minimum Gasteiger partial charge on any atom is -0.350 e. The van der Waals surface area contributed by atoms with Gasteiger partial charge in [-0.3, -0.25) is 4.79 Å². The molecule has 0 aromatic carbocycles. The van der Waals surface area contributed by atoms with Gasteiger partial charge in [-0.15, -0.1) is 0 Å². The second-order valence-electron chi connectivity index (χ2n) is 4.57. The largest absolute Gasteiger partial charge is 0.350 e. The van der Waals surface area contributed by atoms with Gasteiger partial charge in [0.15, 0.2) is 0 Å². The number of nitrogens with one attached hydrogen (secondary N) is 1. The van der Waals surface area contributed by atoms with Gasteiger partial charge in [0.1, 0.15) is 0 Å².